The minimum atomic E-state index is -0.794. The van der Waals surface area contributed by atoms with E-state index in [0.29, 0.717) is 39.5 Å². The number of hydrogen-bond donors (Lipinski definition) is 1. The Hall–Kier alpha value is -2.87. The van der Waals surface area contributed by atoms with Crippen molar-refractivity contribution in [3.05, 3.63) is 39.5 Å². The molecule has 8 heteroatoms. The van der Waals surface area contributed by atoms with Crippen molar-refractivity contribution >= 4 is 27.5 Å². The summed E-state index contributed by atoms with van der Waals surface area (Å²) in [7, 11) is 3.09. The quantitative estimate of drug-likeness (QED) is 0.656. The highest BCUT2D eigenvalue weighted by atomic mass is 32.1. The van der Waals surface area contributed by atoms with Crippen LogP contribution in [0.15, 0.2) is 29.1 Å². The van der Waals surface area contributed by atoms with Gasteiger partial charge in [0.25, 0.3) is 5.56 Å². The maximum absolute atomic E-state index is 13.3. The van der Waals surface area contributed by atoms with Crippen LogP contribution in [0.3, 0.4) is 0 Å². The number of hydrogen-bond acceptors (Lipinski definition) is 6. The fourth-order valence-corrected chi connectivity index (χ4v) is 4.15. The number of aryl methyl sites for hydroxylation is 1. The van der Waals surface area contributed by atoms with Gasteiger partial charge in [-0.3, -0.25) is 14.2 Å². The molecule has 7 nitrogen and oxygen atoms in total. The first-order valence-corrected chi connectivity index (χ1v) is 9.83. The van der Waals surface area contributed by atoms with Gasteiger partial charge in [0.15, 0.2) is 11.5 Å². The fourth-order valence-electron chi connectivity index (χ4n) is 3.20. The predicted octanol–water partition coefficient (Wildman–Crippen LogP) is 3.14. The van der Waals surface area contributed by atoms with Gasteiger partial charge < -0.3 is 15.2 Å². The molecule has 2 aromatic heterocycles. The summed E-state index contributed by atoms with van der Waals surface area (Å²) >= 11 is 1.48. The Labute approximate surface area is 166 Å². The van der Waals surface area contributed by atoms with Gasteiger partial charge in [-0.1, -0.05) is 13.8 Å². The Bertz CT molecular complexity index is 1090. The first-order valence-electron chi connectivity index (χ1n) is 9.01. The van der Waals surface area contributed by atoms with Gasteiger partial charge in [-0.15, -0.1) is 11.3 Å². The number of thiophene rings is 1. The molecule has 2 N–H and O–H groups in total. The van der Waals surface area contributed by atoms with Crippen molar-refractivity contribution in [2.75, 3.05) is 14.2 Å². The molecular formula is C20H23N3O4S. The van der Waals surface area contributed by atoms with Crippen molar-refractivity contribution in [1.29, 1.82) is 0 Å². The van der Waals surface area contributed by atoms with Gasteiger partial charge in [-0.2, -0.15) is 0 Å². The molecule has 0 saturated heterocycles. The van der Waals surface area contributed by atoms with Crippen molar-refractivity contribution in [1.82, 2.24) is 9.55 Å². The highest BCUT2D eigenvalue weighted by Crippen LogP contribution is 2.33. The number of benzene rings is 1. The zero-order valence-corrected chi connectivity index (χ0v) is 17.1. The maximum atomic E-state index is 13.3. The molecule has 148 valence electrons. The first kappa shape index (κ1) is 19.9. The Balaban J connectivity index is 2.36. The molecule has 2 heterocycles. The smallest absolute Gasteiger partial charge is 0.263 e. The van der Waals surface area contributed by atoms with E-state index in [1.807, 2.05) is 19.9 Å². The van der Waals surface area contributed by atoms with Crippen LogP contribution in [0, 0.1) is 0 Å². The molecule has 1 amide bonds. The molecule has 0 spiro atoms. The summed E-state index contributed by atoms with van der Waals surface area (Å²) in [5, 5.41) is 0.505. The number of nitrogens with two attached hydrogens (primary N) is 1. The van der Waals surface area contributed by atoms with Crippen LogP contribution in [0.25, 0.3) is 21.6 Å². The molecule has 1 atom stereocenters. The predicted molar refractivity (Wildman–Crippen MR) is 110 cm³/mol. The standard InChI is InChI=1S/C20H23N3O4S/c1-5-12-10-13-19(28-12)22-18(23(20(13)25)14(6-2)17(21)24)11-7-8-15(26-3)16(9-11)27-4/h7-10,14H,5-6H2,1-4H3,(H2,21,24). The molecule has 0 bridgehead atoms. The van der Waals surface area contributed by atoms with Gasteiger partial charge in [0.2, 0.25) is 5.91 Å². The topological polar surface area (TPSA) is 96.4 Å². The lowest BCUT2D eigenvalue weighted by Gasteiger charge is -2.19. The minimum absolute atomic E-state index is 0.267. The molecule has 1 unspecified atom stereocenters. The number of methoxy groups -OCH3 is 2. The van der Waals surface area contributed by atoms with E-state index in [-0.39, 0.29) is 5.56 Å². The number of carbonyl (C=O) groups excluding carboxylic acids is 1. The third-order valence-corrected chi connectivity index (χ3v) is 5.84. The number of rotatable bonds is 7. The van der Waals surface area contributed by atoms with Crippen LogP contribution in [0.4, 0.5) is 0 Å². The van der Waals surface area contributed by atoms with Crippen molar-refractivity contribution in [3.8, 4) is 22.9 Å². The van der Waals surface area contributed by atoms with E-state index in [1.54, 1.807) is 25.3 Å². The second kappa shape index (κ2) is 8.02. The van der Waals surface area contributed by atoms with Crippen molar-refractivity contribution < 1.29 is 14.3 Å². The van der Waals surface area contributed by atoms with Crippen LogP contribution in [0.2, 0.25) is 0 Å². The number of amides is 1. The van der Waals surface area contributed by atoms with E-state index in [1.165, 1.54) is 23.0 Å². The Morgan fingerprint density at radius 1 is 1.21 bits per heavy atom. The summed E-state index contributed by atoms with van der Waals surface area (Å²) in [4.78, 5) is 31.8. The van der Waals surface area contributed by atoms with E-state index in [9.17, 15) is 9.59 Å². The lowest BCUT2D eigenvalue weighted by atomic mass is 10.1. The molecule has 3 aromatic rings. The molecular weight excluding hydrogens is 378 g/mol. The molecule has 0 aliphatic rings. The van der Waals surface area contributed by atoms with Crippen LogP contribution < -0.4 is 20.8 Å². The number of fused-ring (bicyclic) bond motifs is 1. The Morgan fingerprint density at radius 3 is 2.50 bits per heavy atom. The number of ether oxygens (including phenoxy) is 2. The third-order valence-electron chi connectivity index (χ3n) is 4.67. The number of carbonyl (C=O) groups is 1. The molecule has 28 heavy (non-hydrogen) atoms. The van der Waals surface area contributed by atoms with Gasteiger partial charge in [0.05, 0.1) is 19.6 Å². The minimum Gasteiger partial charge on any atom is -0.493 e. The maximum Gasteiger partial charge on any atom is 0.263 e. The lowest BCUT2D eigenvalue weighted by Crippen LogP contribution is -2.35. The van der Waals surface area contributed by atoms with Gasteiger partial charge in [0, 0.05) is 10.4 Å². The number of nitrogens with zero attached hydrogens (tertiary/aromatic N) is 2. The number of aromatic nitrogens is 2. The van der Waals surface area contributed by atoms with E-state index >= 15 is 0 Å². The molecule has 0 fully saturated rings. The third kappa shape index (κ3) is 3.35. The highest BCUT2D eigenvalue weighted by Gasteiger charge is 2.24. The monoisotopic (exact) mass is 401 g/mol. The molecule has 3 rings (SSSR count). The van der Waals surface area contributed by atoms with Crippen molar-refractivity contribution in [3.63, 3.8) is 0 Å². The zero-order valence-electron chi connectivity index (χ0n) is 16.3. The zero-order chi connectivity index (χ0) is 20.4. The van der Waals surface area contributed by atoms with Gasteiger partial charge in [-0.05, 0) is 37.1 Å². The molecule has 1 aromatic carbocycles. The fraction of sp³-hybridized carbons (Fsp3) is 0.350. The summed E-state index contributed by atoms with van der Waals surface area (Å²) in [5.41, 5.74) is 5.98. The lowest BCUT2D eigenvalue weighted by molar-refractivity contribution is -0.121. The molecule has 0 radical (unpaired) electrons. The van der Waals surface area contributed by atoms with Gasteiger partial charge >= 0.3 is 0 Å². The molecule has 0 saturated carbocycles. The first-order chi connectivity index (χ1) is 13.4. The Kier molecular flexibility index (Phi) is 5.69. The van der Waals surface area contributed by atoms with Gasteiger partial charge in [0.1, 0.15) is 16.7 Å². The van der Waals surface area contributed by atoms with Crippen LogP contribution >= 0.6 is 11.3 Å². The summed E-state index contributed by atoms with van der Waals surface area (Å²) in [6.45, 7) is 3.84. The largest absolute Gasteiger partial charge is 0.493 e. The summed E-state index contributed by atoms with van der Waals surface area (Å²) in [5.74, 6) is 0.882. The normalized spacial score (nSPS) is 12.1. The average Bonchev–Trinajstić information content (AvgIpc) is 3.13. The van der Waals surface area contributed by atoms with Crippen LogP contribution in [0.5, 0.6) is 11.5 Å². The van der Waals surface area contributed by atoms with E-state index in [0.717, 1.165) is 11.3 Å². The SMILES string of the molecule is CCc1cc2c(=O)n(C(CC)C(N)=O)c(-c3ccc(OC)c(OC)c3)nc2s1. The van der Waals surface area contributed by atoms with Crippen molar-refractivity contribution in [2.24, 2.45) is 5.73 Å². The molecule has 0 aliphatic carbocycles. The summed E-state index contributed by atoms with van der Waals surface area (Å²) < 4.78 is 12.1. The van der Waals surface area contributed by atoms with E-state index in [4.69, 9.17) is 20.2 Å². The van der Waals surface area contributed by atoms with Crippen LogP contribution in [-0.2, 0) is 11.2 Å². The van der Waals surface area contributed by atoms with Gasteiger partial charge in [-0.25, -0.2) is 4.98 Å². The van der Waals surface area contributed by atoms with Crippen LogP contribution in [0.1, 0.15) is 31.2 Å². The average molecular weight is 401 g/mol. The van der Waals surface area contributed by atoms with E-state index < -0.39 is 11.9 Å². The number of primary amides is 1. The second-order valence-electron chi connectivity index (χ2n) is 6.29. The summed E-state index contributed by atoms with van der Waals surface area (Å²) in [6, 6.07) is 6.32. The van der Waals surface area contributed by atoms with Crippen molar-refractivity contribution in [2.45, 2.75) is 32.7 Å². The highest BCUT2D eigenvalue weighted by molar-refractivity contribution is 7.18. The Morgan fingerprint density at radius 2 is 1.93 bits per heavy atom. The second-order valence-corrected chi connectivity index (χ2v) is 7.41. The molecule has 0 aliphatic heterocycles. The van der Waals surface area contributed by atoms with Crippen LogP contribution in [-0.4, -0.2) is 29.7 Å². The van der Waals surface area contributed by atoms with E-state index in [2.05, 4.69) is 0 Å². The summed E-state index contributed by atoms with van der Waals surface area (Å²) in [6.07, 6.45) is 1.19.